The van der Waals surface area contributed by atoms with Crippen LogP contribution in [0.5, 0.6) is 0 Å². The number of rotatable bonds is 5. The lowest BCUT2D eigenvalue weighted by atomic mass is 10.2. The van der Waals surface area contributed by atoms with Crippen LogP contribution in [0.25, 0.3) is 0 Å². The first kappa shape index (κ1) is 12.0. The van der Waals surface area contributed by atoms with Gasteiger partial charge in [0.25, 0.3) is 0 Å². The summed E-state index contributed by atoms with van der Waals surface area (Å²) in [5.74, 6) is 0.387. The number of alkyl halides is 1. The van der Waals surface area contributed by atoms with E-state index in [0.29, 0.717) is 12.5 Å². The van der Waals surface area contributed by atoms with Crippen molar-refractivity contribution in [1.29, 1.82) is 0 Å². The topological polar surface area (TPSA) is 46.9 Å². The summed E-state index contributed by atoms with van der Waals surface area (Å²) in [6.07, 6.45) is 1.92. The fraction of sp³-hybridized carbons (Fsp3) is 0.600. The molecule has 0 spiro atoms. The van der Waals surface area contributed by atoms with Crippen LogP contribution in [-0.4, -0.2) is 21.6 Å². The van der Waals surface area contributed by atoms with Crippen LogP contribution in [0.2, 0.25) is 0 Å². The van der Waals surface area contributed by atoms with Crippen molar-refractivity contribution in [3.8, 4) is 0 Å². The van der Waals surface area contributed by atoms with Crippen LogP contribution in [0.1, 0.15) is 19.5 Å². The Balaban J connectivity index is 2.42. The van der Waals surface area contributed by atoms with Crippen LogP contribution in [0.4, 0.5) is 0 Å². The Morgan fingerprint density at radius 3 is 3.00 bits per heavy atom. The Labute approximate surface area is 94.6 Å². The first-order valence-corrected chi connectivity index (χ1v) is 5.50. The molecule has 0 unspecified atom stereocenters. The maximum absolute atomic E-state index is 10.9. The molecule has 1 rings (SSSR count). The van der Waals surface area contributed by atoms with Gasteiger partial charge in [0.1, 0.15) is 5.88 Å². The second-order valence-electron chi connectivity index (χ2n) is 3.83. The Kier molecular flexibility index (Phi) is 4.62. The smallest absolute Gasteiger partial charge is 0.235 e. The number of halogens is 1. The van der Waals surface area contributed by atoms with Crippen LogP contribution in [0.15, 0.2) is 12.3 Å². The van der Waals surface area contributed by atoms with Gasteiger partial charge in [-0.1, -0.05) is 13.8 Å². The summed E-state index contributed by atoms with van der Waals surface area (Å²) >= 11 is 5.35. The molecule has 15 heavy (non-hydrogen) atoms. The van der Waals surface area contributed by atoms with Crippen molar-refractivity contribution in [3.05, 3.63) is 18.0 Å². The second-order valence-corrected chi connectivity index (χ2v) is 4.10. The number of nitrogens with one attached hydrogen (secondary N) is 1. The third kappa shape index (κ3) is 4.34. The van der Waals surface area contributed by atoms with Gasteiger partial charge in [-0.15, -0.1) is 11.6 Å². The fourth-order valence-corrected chi connectivity index (χ4v) is 1.30. The monoisotopic (exact) mass is 229 g/mol. The lowest BCUT2D eigenvalue weighted by Crippen LogP contribution is -2.24. The van der Waals surface area contributed by atoms with E-state index in [1.807, 2.05) is 16.9 Å². The molecule has 0 aliphatic rings. The molecule has 1 N–H and O–H groups in total. The van der Waals surface area contributed by atoms with Crippen molar-refractivity contribution < 1.29 is 4.79 Å². The summed E-state index contributed by atoms with van der Waals surface area (Å²) < 4.78 is 1.88. The van der Waals surface area contributed by atoms with Crippen molar-refractivity contribution in [2.24, 2.45) is 5.92 Å². The average molecular weight is 230 g/mol. The summed E-state index contributed by atoms with van der Waals surface area (Å²) in [5.41, 5.74) is 0.856. The summed E-state index contributed by atoms with van der Waals surface area (Å²) in [5, 5.41) is 6.98. The van der Waals surface area contributed by atoms with Crippen LogP contribution >= 0.6 is 11.6 Å². The molecule has 5 heteroatoms. The standard InChI is InChI=1S/C10H16ClN3O/c1-8(2)7-14-4-3-9(13-14)6-12-10(15)5-11/h3-4,8H,5-7H2,1-2H3,(H,12,15). The van der Waals surface area contributed by atoms with E-state index in [2.05, 4.69) is 24.3 Å². The van der Waals surface area contributed by atoms with Crippen LogP contribution in [0.3, 0.4) is 0 Å². The van der Waals surface area contributed by atoms with Gasteiger partial charge in [0.2, 0.25) is 5.91 Å². The normalized spacial score (nSPS) is 10.7. The Morgan fingerprint density at radius 1 is 1.67 bits per heavy atom. The molecule has 0 atom stereocenters. The van der Waals surface area contributed by atoms with Gasteiger partial charge in [-0.05, 0) is 12.0 Å². The van der Waals surface area contributed by atoms with Crippen LogP contribution < -0.4 is 5.32 Å². The minimum absolute atomic E-state index is 0.00724. The zero-order valence-corrected chi connectivity index (χ0v) is 9.79. The highest BCUT2D eigenvalue weighted by atomic mass is 35.5. The zero-order valence-electron chi connectivity index (χ0n) is 9.03. The van der Waals surface area contributed by atoms with Crippen LogP contribution in [0, 0.1) is 5.92 Å². The molecule has 1 amide bonds. The number of hydrogen-bond donors (Lipinski definition) is 1. The summed E-state index contributed by atoms with van der Waals surface area (Å²) in [4.78, 5) is 10.9. The molecular formula is C10H16ClN3O. The van der Waals surface area contributed by atoms with Gasteiger partial charge < -0.3 is 5.32 Å². The number of carbonyl (C=O) groups excluding carboxylic acids is 1. The maximum Gasteiger partial charge on any atom is 0.235 e. The van der Waals surface area contributed by atoms with Gasteiger partial charge in [0, 0.05) is 12.7 Å². The zero-order chi connectivity index (χ0) is 11.3. The van der Waals surface area contributed by atoms with E-state index in [9.17, 15) is 4.79 Å². The molecule has 0 saturated carbocycles. The summed E-state index contributed by atoms with van der Waals surface area (Å²) in [7, 11) is 0. The lowest BCUT2D eigenvalue weighted by Gasteiger charge is -2.04. The number of nitrogens with zero attached hydrogens (tertiary/aromatic N) is 2. The summed E-state index contributed by atoms with van der Waals surface area (Å²) in [6.45, 7) is 5.60. The highest BCUT2D eigenvalue weighted by Crippen LogP contribution is 2.00. The molecular weight excluding hydrogens is 214 g/mol. The molecule has 0 saturated heterocycles. The molecule has 0 bridgehead atoms. The fourth-order valence-electron chi connectivity index (χ4n) is 1.21. The molecule has 1 aromatic heterocycles. The van der Waals surface area contributed by atoms with Crippen molar-refractivity contribution >= 4 is 17.5 Å². The number of aromatic nitrogens is 2. The van der Waals surface area contributed by atoms with Gasteiger partial charge >= 0.3 is 0 Å². The summed E-state index contributed by atoms with van der Waals surface area (Å²) in [6, 6.07) is 1.90. The van der Waals surface area contributed by atoms with E-state index < -0.39 is 0 Å². The Bertz CT molecular complexity index is 322. The Morgan fingerprint density at radius 2 is 2.40 bits per heavy atom. The first-order chi connectivity index (χ1) is 7.11. The van der Waals surface area contributed by atoms with Gasteiger partial charge in [-0.2, -0.15) is 5.10 Å². The van der Waals surface area contributed by atoms with Gasteiger partial charge in [0.05, 0.1) is 12.2 Å². The lowest BCUT2D eigenvalue weighted by molar-refractivity contribution is -0.118. The van der Waals surface area contributed by atoms with Gasteiger partial charge in [-0.3, -0.25) is 9.48 Å². The average Bonchev–Trinajstić information content (AvgIpc) is 2.61. The molecule has 1 aromatic rings. The molecule has 4 nitrogen and oxygen atoms in total. The van der Waals surface area contributed by atoms with E-state index in [4.69, 9.17) is 11.6 Å². The third-order valence-electron chi connectivity index (χ3n) is 1.84. The van der Waals surface area contributed by atoms with Crippen LogP contribution in [-0.2, 0) is 17.9 Å². The van der Waals surface area contributed by atoms with Gasteiger partial charge in [-0.25, -0.2) is 0 Å². The van der Waals surface area contributed by atoms with E-state index >= 15 is 0 Å². The Hall–Kier alpha value is -1.03. The van der Waals surface area contributed by atoms with Crippen molar-refractivity contribution in [1.82, 2.24) is 15.1 Å². The third-order valence-corrected chi connectivity index (χ3v) is 2.08. The predicted molar refractivity (Wildman–Crippen MR) is 59.6 cm³/mol. The molecule has 0 aliphatic heterocycles. The predicted octanol–water partition coefficient (Wildman–Crippen LogP) is 1.39. The number of hydrogen-bond acceptors (Lipinski definition) is 2. The van der Waals surface area contributed by atoms with E-state index in [1.165, 1.54) is 0 Å². The number of amides is 1. The SMILES string of the molecule is CC(C)Cn1ccc(CNC(=O)CCl)n1. The minimum Gasteiger partial charge on any atom is -0.349 e. The second kappa shape index (κ2) is 5.75. The quantitative estimate of drug-likeness (QED) is 0.776. The molecule has 0 fully saturated rings. The first-order valence-electron chi connectivity index (χ1n) is 4.97. The van der Waals surface area contributed by atoms with E-state index in [1.54, 1.807) is 0 Å². The van der Waals surface area contributed by atoms with Crippen molar-refractivity contribution in [2.45, 2.75) is 26.9 Å². The maximum atomic E-state index is 10.9. The van der Waals surface area contributed by atoms with E-state index in [0.717, 1.165) is 12.2 Å². The molecule has 0 aliphatic carbocycles. The highest BCUT2D eigenvalue weighted by molar-refractivity contribution is 6.27. The molecule has 1 heterocycles. The highest BCUT2D eigenvalue weighted by Gasteiger charge is 2.02. The molecule has 84 valence electrons. The van der Waals surface area contributed by atoms with E-state index in [-0.39, 0.29) is 11.8 Å². The van der Waals surface area contributed by atoms with Gasteiger partial charge in [0.15, 0.2) is 0 Å². The molecule has 0 aromatic carbocycles. The molecule has 0 radical (unpaired) electrons. The van der Waals surface area contributed by atoms with Crippen molar-refractivity contribution in [2.75, 3.05) is 5.88 Å². The number of carbonyl (C=O) groups is 1. The van der Waals surface area contributed by atoms with Crippen molar-refractivity contribution in [3.63, 3.8) is 0 Å². The largest absolute Gasteiger partial charge is 0.349 e. The minimum atomic E-state index is -0.171.